The predicted octanol–water partition coefficient (Wildman–Crippen LogP) is 17.9. The van der Waals surface area contributed by atoms with Crippen LogP contribution in [0, 0.1) is 18.8 Å². The van der Waals surface area contributed by atoms with E-state index in [1.165, 1.54) is 33.4 Å². The molecule has 374 valence electrons. The number of hydrogen-bond donors (Lipinski definition) is 0. The zero-order chi connectivity index (χ0) is 50.9. The Bertz CT molecular complexity index is 3660. The maximum Gasteiger partial charge on any atom is 0.135 e. The first-order chi connectivity index (χ1) is 34.9. The molecule has 3 heterocycles. The third-order valence-electron chi connectivity index (χ3n) is 15.1. The van der Waals surface area contributed by atoms with Crippen molar-refractivity contribution in [1.29, 1.82) is 0 Å². The van der Waals surface area contributed by atoms with E-state index in [-0.39, 0.29) is 42.7 Å². The molecule has 0 N–H and O–H groups in total. The Balaban J connectivity index is 0.00000626. The van der Waals surface area contributed by atoms with Gasteiger partial charge in [0.2, 0.25) is 0 Å². The summed E-state index contributed by atoms with van der Waals surface area (Å²) in [7, 11) is 0. The van der Waals surface area contributed by atoms with E-state index < -0.39 is 0 Å². The van der Waals surface area contributed by atoms with Gasteiger partial charge in [0.15, 0.2) is 0 Å². The summed E-state index contributed by atoms with van der Waals surface area (Å²) in [5.74, 6) is 2.05. The summed E-state index contributed by atoms with van der Waals surface area (Å²) in [5.41, 5.74) is 15.0. The fourth-order valence-electron chi connectivity index (χ4n) is 10.3. The zero-order valence-electron chi connectivity index (χ0n) is 44.1. The number of anilines is 4. The molecule has 0 spiro atoms. The van der Waals surface area contributed by atoms with Gasteiger partial charge in [-0.2, -0.15) is 6.07 Å². The van der Waals surface area contributed by atoms with Crippen LogP contribution in [0.15, 0.2) is 194 Å². The quantitative estimate of drug-likeness (QED) is 0.128. The molecule has 1 aliphatic rings. The Kier molecular flexibility index (Phi) is 13.1. The molecule has 0 amide bonds. The summed E-state index contributed by atoms with van der Waals surface area (Å²) >= 11 is 0. The van der Waals surface area contributed by atoms with Gasteiger partial charge in [0, 0.05) is 72.2 Å². The third kappa shape index (κ3) is 9.37. The van der Waals surface area contributed by atoms with Gasteiger partial charge in [0.05, 0.1) is 0 Å². The van der Waals surface area contributed by atoms with Gasteiger partial charge >= 0.3 is 0 Å². The van der Waals surface area contributed by atoms with E-state index in [2.05, 4.69) is 284 Å². The van der Waals surface area contributed by atoms with Crippen molar-refractivity contribution in [2.45, 2.75) is 90.9 Å². The number of fused-ring (bicyclic) bond motifs is 4. The molecule has 11 rings (SSSR count). The topological polar surface area (TPSA) is 33.5 Å². The van der Waals surface area contributed by atoms with Crippen molar-refractivity contribution in [2.75, 3.05) is 9.80 Å². The molecular formula is C68H63N4OPt-3. The van der Waals surface area contributed by atoms with Crippen LogP contribution in [0.4, 0.5) is 22.7 Å². The SMILES string of the molecule is CC(C)(C)c1cc(Oc2[c-]c3c(cc2)c2cc(-c4ccccc4)ccc2n3-c2cc(C(C)(C)C)ccn2)[c-]c(N2[CH-]N(c3cccc(C(C)(C)c4ccccc4)c3)c3cc(C(C)(C)c4ccccc4)ccc32)c1.[Pt]. The van der Waals surface area contributed by atoms with E-state index in [1.807, 2.05) is 12.3 Å². The minimum absolute atomic E-state index is 0. The van der Waals surface area contributed by atoms with Crippen molar-refractivity contribution in [3.8, 4) is 28.4 Å². The maximum atomic E-state index is 6.99. The van der Waals surface area contributed by atoms with Crippen LogP contribution >= 0.6 is 0 Å². The van der Waals surface area contributed by atoms with Gasteiger partial charge in [-0.1, -0.05) is 196 Å². The second-order valence-corrected chi connectivity index (χ2v) is 22.7. The van der Waals surface area contributed by atoms with Crippen molar-refractivity contribution in [3.63, 3.8) is 0 Å². The molecule has 74 heavy (non-hydrogen) atoms. The first-order valence-electron chi connectivity index (χ1n) is 25.5. The van der Waals surface area contributed by atoms with Gasteiger partial charge in [0.25, 0.3) is 0 Å². The molecule has 6 heteroatoms. The van der Waals surface area contributed by atoms with Gasteiger partial charge in [-0.05, 0) is 97.6 Å². The standard InChI is InChI=1S/C68H63N4O.Pt/c1-65(2,3)50-35-36-69-64(42-50)72-60-33-29-47(46-21-14-11-15-22-46)37-59(60)58-32-31-56(44-62(58)72)73-57-40-53(66(4,5)6)39-55(43-57)71-45-70(54-28-20-27-51(38-54)67(7,8)48-23-16-12-17-24-48)63-41-52(30-34-61(63)71)68(9,10)49-25-18-13-19-26-49;/h11-42,45H,1-10H3;/q-3;. The van der Waals surface area contributed by atoms with Gasteiger partial charge in [-0.15, -0.1) is 53.6 Å². The monoisotopic (exact) mass is 1150 g/mol. The molecule has 0 radical (unpaired) electrons. The average Bonchev–Trinajstić information content (AvgIpc) is 3.95. The largest absolute Gasteiger partial charge is 0.509 e. The van der Waals surface area contributed by atoms with Gasteiger partial charge in [-0.3, -0.25) is 0 Å². The number of pyridine rings is 1. The van der Waals surface area contributed by atoms with Crippen LogP contribution in [0.1, 0.15) is 103 Å². The minimum atomic E-state index is -0.245. The Labute approximate surface area is 452 Å². The number of aromatic nitrogens is 2. The summed E-state index contributed by atoms with van der Waals surface area (Å²) in [4.78, 5) is 9.59. The van der Waals surface area contributed by atoms with Crippen molar-refractivity contribution < 1.29 is 25.8 Å². The molecule has 2 aromatic heterocycles. The van der Waals surface area contributed by atoms with Gasteiger partial charge in [0.1, 0.15) is 5.82 Å². The molecular weight excluding hydrogens is 1080 g/mol. The van der Waals surface area contributed by atoms with Crippen LogP contribution < -0.4 is 14.5 Å². The van der Waals surface area contributed by atoms with E-state index in [9.17, 15) is 0 Å². The van der Waals surface area contributed by atoms with E-state index in [1.54, 1.807) is 0 Å². The van der Waals surface area contributed by atoms with Crippen molar-refractivity contribution in [3.05, 3.63) is 246 Å². The van der Waals surface area contributed by atoms with Gasteiger partial charge < -0.3 is 19.1 Å². The molecule has 10 aromatic rings. The van der Waals surface area contributed by atoms with E-state index in [0.29, 0.717) is 11.5 Å². The molecule has 1 aliphatic heterocycles. The Morgan fingerprint density at radius 1 is 0.446 bits per heavy atom. The summed E-state index contributed by atoms with van der Waals surface area (Å²) in [6.45, 7) is 24.9. The molecule has 0 bridgehead atoms. The van der Waals surface area contributed by atoms with Crippen LogP contribution in [0.3, 0.4) is 0 Å². The van der Waals surface area contributed by atoms with Crippen molar-refractivity contribution in [2.24, 2.45) is 0 Å². The molecule has 0 saturated heterocycles. The predicted molar refractivity (Wildman–Crippen MR) is 304 cm³/mol. The minimum Gasteiger partial charge on any atom is -0.509 e. The fraction of sp³-hybridized carbons (Fsp3) is 0.206. The number of nitrogens with zero attached hydrogens (tertiary/aromatic N) is 4. The Morgan fingerprint density at radius 3 is 1.74 bits per heavy atom. The van der Waals surface area contributed by atoms with Gasteiger partial charge in [-0.25, -0.2) is 4.98 Å². The summed E-state index contributed by atoms with van der Waals surface area (Å²) < 4.78 is 9.22. The smallest absolute Gasteiger partial charge is 0.135 e. The van der Waals surface area contributed by atoms with Crippen molar-refractivity contribution >= 4 is 44.6 Å². The van der Waals surface area contributed by atoms with Crippen LogP contribution in [0.5, 0.6) is 11.5 Å². The zero-order valence-corrected chi connectivity index (χ0v) is 46.3. The molecule has 0 saturated carbocycles. The Hall–Kier alpha value is -7.20. The normalized spacial score (nSPS) is 13.1. The van der Waals surface area contributed by atoms with Crippen molar-refractivity contribution in [1.82, 2.24) is 9.55 Å². The molecule has 0 unspecified atom stereocenters. The first-order valence-corrected chi connectivity index (χ1v) is 25.5. The van der Waals surface area contributed by atoms with Crippen LogP contribution in [-0.2, 0) is 42.7 Å². The van der Waals surface area contributed by atoms with E-state index in [0.717, 1.165) is 61.5 Å². The van der Waals surface area contributed by atoms with Crippen LogP contribution in [0.25, 0.3) is 38.8 Å². The third-order valence-corrected chi connectivity index (χ3v) is 15.1. The fourth-order valence-corrected chi connectivity index (χ4v) is 10.3. The van der Waals surface area contributed by atoms with E-state index in [4.69, 9.17) is 9.72 Å². The summed E-state index contributed by atoms with van der Waals surface area (Å²) in [6, 6.07) is 75.2. The van der Waals surface area contributed by atoms with E-state index >= 15 is 0 Å². The van der Waals surface area contributed by atoms with Crippen LogP contribution in [-0.4, -0.2) is 9.55 Å². The molecule has 0 atom stereocenters. The van der Waals surface area contributed by atoms with Crippen LogP contribution in [0.2, 0.25) is 0 Å². The average molecular weight is 1150 g/mol. The maximum absolute atomic E-state index is 6.99. The number of benzene rings is 8. The second-order valence-electron chi connectivity index (χ2n) is 22.7. The Morgan fingerprint density at radius 2 is 1.08 bits per heavy atom. The second kappa shape index (κ2) is 19.3. The number of ether oxygens (including phenoxy) is 1. The first kappa shape index (κ1) is 50.3. The summed E-state index contributed by atoms with van der Waals surface area (Å²) in [6.07, 6.45) is 1.92. The molecule has 0 aliphatic carbocycles. The molecule has 5 nitrogen and oxygen atoms in total. The number of rotatable bonds is 10. The number of hydrogen-bond acceptors (Lipinski definition) is 4. The summed E-state index contributed by atoms with van der Waals surface area (Å²) in [5, 5.41) is 2.20. The molecule has 0 fully saturated rings. The molecule has 8 aromatic carbocycles.